The van der Waals surface area contributed by atoms with Gasteiger partial charge in [-0.1, -0.05) is 25.6 Å². The van der Waals surface area contributed by atoms with Gasteiger partial charge in [0.2, 0.25) is 0 Å². The Balaban J connectivity index is 1.97. The molecule has 2 saturated heterocycles. The summed E-state index contributed by atoms with van der Waals surface area (Å²) in [4.78, 5) is 20.6. The molecule has 0 bridgehead atoms. The number of hydrogen-bond acceptors (Lipinski definition) is 5. The second-order valence-electron chi connectivity index (χ2n) is 7.12. The molecule has 3 atom stereocenters. The number of aliphatic imine (C=N–C) groups is 1. The third kappa shape index (κ3) is 3.76. The number of fused-ring (bicyclic) bond motifs is 1. The highest BCUT2D eigenvalue weighted by molar-refractivity contribution is 8.16. The summed E-state index contributed by atoms with van der Waals surface area (Å²) >= 11 is 1.42. The molecule has 6 nitrogen and oxygen atoms in total. The molecule has 2 aliphatic rings. The predicted octanol–water partition coefficient (Wildman–Crippen LogP) is 2.40. The fourth-order valence-electron chi connectivity index (χ4n) is 3.16. The van der Waals surface area contributed by atoms with Gasteiger partial charge in [-0.2, -0.15) is 4.99 Å². The molecule has 1 amide bonds. The van der Waals surface area contributed by atoms with E-state index in [1.165, 1.54) is 11.8 Å². The second-order valence-corrected chi connectivity index (χ2v) is 10.5. The molecule has 142 valence electrons. The smallest absolute Gasteiger partial charge is 0.250 e. The van der Waals surface area contributed by atoms with Gasteiger partial charge in [-0.25, -0.2) is 8.42 Å². The van der Waals surface area contributed by atoms with Gasteiger partial charge in [0.25, 0.3) is 5.91 Å². The summed E-state index contributed by atoms with van der Waals surface area (Å²) in [6.45, 7) is 3.83. The summed E-state index contributed by atoms with van der Waals surface area (Å²) < 4.78 is 24.2. The molecule has 0 aromatic heterocycles. The molecule has 1 aromatic carbocycles. The molecule has 26 heavy (non-hydrogen) atoms. The molecule has 2 fully saturated rings. The average molecular weight is 396 g/mol. The number of amides is 1. The van der Waals surface area contributed by atoms with E-state index in [1.807, 2.05) is 62.0 Å². The molecule has 0 radical (unpaired) electrons. The van der Waals surface area contributed by atoms with E-state index >= 15 is 0 Å². The Morgan fingerprint density at radius 3 is 2.54 bits per heavy atom. The first-order chi connectivity index (χ1) is 12.2. The Kier molecular flexibility index (Phi) is 5.35. The summed E-state index contributed by atoms with van der Waals surface area (Å²) in [6, 6.07) is 7.74. The number of benzene rings is 1. The maximum Gasteiger partial charge on any atom is 0.250 e. The van der Waals surface area contributed by atoms with E-state index in [2.05, 4.69) is 4.99 Å². The van der Waals surface area contributed by atoms with Crippen molar-refractivity contribution in [1.82, 2.24) is 0 Å². The summed E-state index contributed by atoms with van der Waals surface area (Å²) in [5.74, 6) is -0.0279. The highest BCUT2D eigenvalue weighted by Crippen LogP contribution is 2.41. The van der Waals surface area contributed by atoms with Gasteiger partial charge in [0, 0.05) is 36.6 Å². The molecular weight excluding hydrogens is 370 g/mol. The Morgan fingerprint density at radius 1 is 1.31 bits per heavy atom. The Labute approximate surface area is 159 Å². The number of nitrogens with zero attached hydrogens (tertiary/aromatic N) is 3. The van der Waals surface area contributed by atoms with Gasteiger partial charge in [0.15, 0.2) is 15.0 Å². The third-order valence-corrected chi connectivity index (χ3v) is 8.16. The van der Waals surface area contributed by atoms with Crippen molar-refractivity contribution >= 4 is 44.0 Å². The van der Waals surface area contributed by atoms with Gasteiger partial charge < -0.3 is 9.80 Å². The molecule has 0 spiro atoms. The molecule has 0 N–H and O–H groups in total. The van der Waals surface area contributed by atoms with E-state index < -0.39 is 9.84 Å². The van der Waals surface area contributed by atoms with E-state index in [0.29, 0.717) is 5.17 Å². The van der Waals surface area contributed by atoms with Crippen molar-refractivity contribution < 1.29 is 13.2 Å². The van der Waals surface area contributed by atoms with Crippen molar-refractivity contribution in [2.45, 2.75) is 31.6 Å². The van der Waals surface area contributed by atoms with Crippen molar-refractivity contribution in [3.8, 4) is 0 Å². The number of amidine groups is 1. The van der Waals surface area contributed by atoms with Crippen LogP contribution in [0.2, 0.25) is 0 Å². The van der Waals surface area contributed by atoms with Crippen LogP contribution in [0.5, 0.6) is 0 Å². The van der Waals surface area contributed by atoms with Crippen LogP contribution in [0.1, 0.15) is 20.3 Å². The molecule has 3 rings (SSSR count). The molecule has 8 heteroatoms. The summed E-state index contributed by atoms with van der Waals surface area (Å²) in [5.41, 5.74) is 1.94. The van der Waals surface area contributed by atoms with Crippen LogP contribution in [0.3, 0.4) is 0 Å². The van der Waals surface area contributed by atoms with Crippen LogP contribution in [-0.2, 0) is 14.6 Å². The summed E-state index contributed by atoms with van der Waals surface area (Å²) in [6.07, 6.45) is 0.735. The lowest BCUT2D eigenvalue weighted by Gasteiger charge is -2.25. The monoisotopic (exact) mass is 395 g/mol. The van der Waals surface area contributed by atoms with E-state index in [0.717, 1.165) is 17.8 Å². The fourth-order valence-corrected chi connectivity index (χ4v) is 7.08. The quantitative estimate of drug-likeness (QED) is 0.780. The lowest BCUT2D eigenvalue weighted by atomic mass is 10.1. The Hall–Kier alpha value is -1.54. The SMILES string of the molecule is CC[C@H](C)C(=O)N=C1S[C@@H]2CS(=O)(=O)C[C@H]2N1c1ccc(N(C)C)cc1. The summed E-state index contributed by atoms with van der Waals surface area (Å²) in [5, 5.41) is 0.551. The average Bonchev–Trinajstić information content (AvgIpc) is 3.04. The van der Waals surface area contributed by atoms with E-state index in [4.69, 9.17) is 0 Å². The number of hydrogen-bond donors (Lipinski definition) is 0. The van der Waals surface area contributed by atoms with Crippen molar-refractivity contribution in [3.63, 3.8) is 0 Å². The Bertz CT molecular complexity index is 819. The first-order valence-electron chi connectivity index (χ1n) is 8.78. The number of carbonyl (C=O) groups excluding carboxylic acids is 1. The third-order valence-electron chi connectivity index (χ3n) is 4.95. The number of carbonyl (C=O) groups is 1. The molecule has 1 aromatic rings. The van der Waals surface area contributed by atoms with Crippen LogP contribution in [0, 0.1) is 5.92 Å². The van der Waals surface area contributed by atoms with Crippen LogP contribution in [0.4, 0.5) is 11.4 Å². The van der Waals surface area contributed by atoms with Crippen LogP contribution in [0.15, 0.2) is 29.3 Å². The van der Waals surface area contributed by atoms with Crippen molar-refractivity contribution in [3.05, 3.63) is 24.3 Å². The van der Waals surface area contributed by atoms with Crippen molar-refractivity contribution in [2.24, 2.45) is 10.9 Å². The van der Waals surface area contributed by atoms with Crippen LogP contribution >= 0.6 is 11.8 Å². The van der Waals surface area contributed by atoms with Gasteiger partial charge >= 0.3 is 0 Å². The van der Waals surface area contributed by atoms with Crippen LogP contribution < -0.4 is 9.80 Å². The van der Waals surface area contributed by atoms with Gasteiger partial charge in [0.05, 0.1) is 17.5 Å². The second kappa shape index (κ2) is 7.23. The predicted molar refractivity (Wildman–Crippen MR) is 109 cm³/mol. The zero-order valence-corrected chi connectivity index (χ0v) is 17.2. The minimum atomic E-state index is -3.05. The molecular formula is C18H25N3O3S2. The number of rotatable bonds is 4. The molecule has 0 aliphatic carbocycles. The number of thioether (sulfide) groups is 1. The first kappa shape index (κ1) is 19.2. The molecule has 2 heterocycles. The van der Waals surface area contributed by atoms with Gasteiger partial charge in [-0.05, 0) is 30.7 Å². The number of sulfone groups is 1. The van der Waals surface area contributed by atoms with E-state index in [1.54, 1.807) is 0 Å². The van der Waals surface area contributed by atoms with Crippen molar-refractivity contribution in [2.75, 3.05) is 35.4 Å². The highest BCUT2D eigenvalue weighted by Gasteiger charge is 2.49. The maximum absolute atomic E-state index is 12.3. The zero-order chi connectivity index (χ0) is 19.1. The highest BCUT2D eigenvalue weighted by atomic mass is 32.2. The van der Waals surface area contributed by atoms with Gasteiger partial charge in [0.1, 0.15) is 0 Å². The minimum absolute atomic E-state index is 0.0722. The van der Waals surface area contributed by atoms with Crippen LogP contribution in [-0.4, -0.2) is 56.4 Å². The lowest BCUT2D eigenvalue weighted by molar-refractivity contribution is -0.121. The molecule has 0 saturated carbocycles. The maximum atomic E-state index is 12.3. The minimum Gasteiger partial charge on any atom is -0.378 e. The standard InChI is InChI=1S/C18H25N3O3S2/c1-5-12(2)17(22)19-18-21(14-8-6-13(7-9-14)20(3)4)15-10-26(23,24)11-16(15)25-18/h6-9,12,15-16H,5,10-11H2,1-4H3/t12-,15+,16+/m0/s1. The van der Waals surface area contributed by atoms with Crippen molar-refractivity contribution in [1.29, 1.82) is 0 Å². The van der Waals surface area contributed by atoms with Crippen LogP contribution in [0.25, 0.3) is 0 Å². The lowest BCUT2D eigenvalue weighted by Crippen LogP contribution is -2.37. The van der Waals surface area contributed by atoms with E-state index in [-0.39, 0.29) is 34.6 Å². The fraction of sp³-hybridized carbons (Fsp3) is 0.556. The Morgan fingerprint density at radius 2 is 1.96 bits per heavy atom. The molecule has 2 aliphatic heterocycles. The topological polar surface area (TPSA) is 70.0 Å². The molecule has 0 unspecified atom stereocenters. The van der Waals surface area contributed by atoms with Gasteiger partial charge in [-0.15, -0.1) is 0 Å². The number of anilines is 2. The summed E-state index contributed by atoms with van der Waals surface area (Å²) in [7, 11) is 0.889. The van der Waals surface area contributed by atoms with Gasteiger partial charge in [-0.3, -0.25) is 4.79 Å². The first-order valence-corrected chi connectivity index (χ1v) is 11.5. The normalized spacial score (nSPS) is 26.8. The zero-order valence-electron chi connectivity index (χ0n) is 15.5. The largest absolute Gasteiger partial charge is 0.378 e. The van der Waals surface area contributed by atoms with E-state index in [9.17, 15) is 13.2 Å².